The van der Waals surface area contributed by atoms with Gasteiger partial charge in [0, 0.05) is 29.4 Å². The largest absolute Gasteiger partial charge is 0.465 e. The molecule has 0 bridgehead atoms. The molecular formula is C28H28BrF3N2O6S. The van der Waals surface area contributed by atoms with E-state index in [0.717, 1.165) is 35.1 Å². The lowest BCUT2D eigenvalue weighted by Crippen LogP contribution is -2.38. The second-order valence-electron chi connectivity index (χ2n) is 9.38. The van der Waals surface area contributed by atoms with Crippen LogP contribution in [0.3, 0.4) is 0 Å². The van der Waals surface area contributed by atoms with Gasteiger partial charge in [0.05, 0.1) is 30.7 Å². The number of nitrogens with one attached hydrogen (secondary N) is 1. The second kappa shape index (κ2) is 12.4. The Hall–Kier alpha value is -3.13. The van der Waals surface area contributed by atoms with E-state index < -0.39 is 21.8 Å². The van der Waals surface area contributed by atoms with Crippen LogP contribution < -0.4 is 14.4 Å². The van der Waals surface area contributed by atoms with Crippen LogP contribution in [-0.4, -0.2) is 54.2 Å². The highest BCUT2D eigenvalue weighted by Gasteiger charge is 2.32. The Morgan fingerprint density at radius 1 is 1.02 bits per heavy atom. The number of fused-ring (bicyclic) bond motifs is 1. The number of hydrogen-bond donors (Lipinski definition) is 1. The maximum absolute atomic E-state index is 13.6. The minimum absolute atomic E-state index is 0.131. The van der Waals surface area contributed by atoms with E-state index in [1.54, 1.807) is 29.2 Å². The van der Waals surface area contributed by atoms with Gasteiger partial charge in [-0.2, -0.15) is 13.2 Å². The number of hydrogen-bond acceptors (Lipinski definition) is 6. The summed E-state index contributed by atoms with van der Waals surface area (Å²) in [6.07, 6.45) is -2.96. The third kappa shape index (κ3) is 7.21. The molecule has 0 aliphatic carbocycles. The van der Waals surface area contributed by atoms with Gasteiger partial charge in [0.1, 0.15) is 5.75 Å². The number of alkyl halides is 3. The van der Waals surface area contributed by atoms with Gasteiger partial charge in [-0.15, -0.1) is 0 Å². The molecule has 1 N–H and O–H groups in total. The van der Waals surface area contributed by atoms with Gasteiger partial charge < -0.3 is 19.1 Å². The number of methoxy groups -OCH3 is 1. The molecule has 1 amide bonds. The van der Waals surface area contributed by atoms with E-state index in [2.05, 4.69) is 20.7 Å². The molecule has 1 aliphatic rings. The lowest BCUT2D eigenvalue weighted by molar-refractivity contribution is -0.137. The molecule has 4 rings (SSSR count). The maximum Gasteiger partial charge on any atom is 0.416 e. The van der Waals surface area contributed by atoms with Gasteiger partial charge in [-0.25, -0.2) is 8.42 Å². The van der Waals surface area contributed by atoms with Crippen LogP contribution in [0.4, 0.5) is 24.5 Å². The Morgan fingerprint density at radius 2 is 1.73 bits per heavy atom. The molecule has 0 saturated heterocycles. The molecule has 0 aromatic heterocycles. The van der Waals surface area contributed by atoms with Crippen molar-refractivity contribution in [3.05, 3.63) is 75.3 Å². The molecule has 0 radical (unpaired) electrons. The summed E-state index contributed by atoms with van der Waals surface area (Å²) in [6, 6.07) is 11.6. The van der Waals surface area contributed by atoms with Gasteiger partial charge in [-0.05, 0) is 72.0 Å². The molecule has 3 aromatic carbocycles. The van der Waals surface area contributed by atoms with Gasteiger partial charge in [0.15, 0.2) is 6.79 Å². The number of rotatable bonds is 10. The van der Waals surface area contributed by atoms with Crippen molar-refractivity contribution in [1.29, 1.82) is 0 Å². The van der Waals surface area contributed by atoms with Crippen LogP contribution in [0.1, 0.15) is 27.0 Å². The summed E-state index contributed by atoms with van der Waals surface area (Å²) in [6.45, 7) is 2.69. The monoisotopic (exact) mass is 656 g/mol. The first-order chi connectivity index (χ1) is 19.3. The lowest BCUT2D eigenvalue weighted by atomic mass is 9.88. The summed E-state index contributed by atoms with van der Waals surface area (Å²) in [5.74, 6) is -0.0571. The van der Waals surface area contributed by atoms with Crippen molar-refractivity contribution in [1.82, 2.24) is 0 Å². The minimum atomic E-state index is -4.46. The Balaban J connectivity index is 1.62. The van der Waals surface area contributed by atoms with Gasteiger partial charge in [0.2, 0.25) is 10.0 Å². The quantitative estimate of drug-likeness (QED) is 0.212. The summed E-state index contributed by atoms with van der Waals surface area (Å²) >= 11 is 3.27. The zero-order valence-corrected chi connectivity index (χ0v) is 24.9. The standard InChI is InChI=1S/C28H28BrF3N2O6S/c1-17-20(22-6-4-18(14-24(22)29)28(30,31)32)7-8-23-21(17)10-11-34(27(23)35)19-5-9-26(40-16-39-13-12-38-2)25(15-19)33-41(3,36)37/h4-9,14-15,33H,10-13,16H2,1-3H3. The van der Waals surface area contributed by atoms with Crippen molar-refractivity contribution in [2.45, 2.75) is 19.5 Å². The molecule has 0 spiro atoms. The van der Waals surface area contributed by atoms with Crippen molar-refractivity contribution < 1.29 is 40.6 Å². The highest BCUT2D eigenvalue weighted by Crippen LogP contribution is 2.39. The first-order valence-corrected chi connectivity index (χ1v) is 15.1. The highest BCUT2D eigenvalue weighted by molar-refractivity contribution is 9.10. The fourth-order valence-electron chi connectivity index (χ4n) is 4.60. The normalized spacial score (nSPS) is 13.7. The zero-order valence-electron chi connectivity index (χ0n) is 22.5. The summed E-state index contributed by atoms with van der Waals surface area (Å²) in [5.41, 5.74) is 3.24. The summed E-state index contributed by atoms with van der Waals surface area (Å²) in [5, 5.41) is 0. The van der Waals surface area contributed by atoms with E-state index in [0.29, 0.717) is 47.5 Å². The predicted molar refractivity (Wildman–Crippen MR) is 153 cm³/mol. The fraction of sp³-hybridized carbons (Fsp3) is 0.321. The van der Waals surface area contributed by atoms with Gasteiger partial charge >= 0.3 is 6.18 Å². The first-order valence-electron chi connectivity index (χ1n) is 12.4. The van der Waals surface area contributed by atoms with Crippen LogP contribution in [0.5, 0.6) is 5.75 Å². The number of sulfonamides is 1. The number of halogens is 4. The van der Waals surface area contributed by atoms with Crippen molar-refractivity contribution in [2.75, 3.05) is 49.5 Å². The van der Waals surface area contributed by atoms with Crippen LogP contribution in [0.15, 0.2) is 53.0 Å². The van der Waals surface area contributed by atoms with Crippen LogP contribution in [-0.2, 0) is 32.1 Å². The smallest absolute Gasteiger partial charge is 0.416 e. The third-order valence-electron chi connectivity index (χ3n) is 6.55. The average molecular weight is 658 g/mol. The molecule has 8 nitrogen and oxygen atoms in total. The van der Waals surface area contributed by atoms with Crippen molar-refractivity contribution in [3.63, 3.8) is 0 Å². The molecule has 3 aromatic rings. The Bertz CT molecular complexity index is 1560. The summed E-state index contributed by atoms with van der Waals surface area (Å²) < 4.78 is 81.9. The van der Waals surface area contributed by atoms with E-state index in [1.807, 2.05) is 6.92 Å². The number of nitrogens with zero attached hydrogens (tertiary/aromatic N) is 1. The lowest BCUT2D eigenvalue weighted by Gasteiger charge is -2.31. The van der Waals surface area contributed by atoms with E-state index >= 15 is 0 Å². The third-order valence-corrected chi connectivity index (χ3v) is 7.79. The van der Waals surface area contributed by atoms with Crippen LogP contribution in [0, 0.1) is 6.92 Å². The molecule has 0 unspecified atom stereocenters. The summed E-state index contributed by atoms with van der Waals surface area (Å²) in [7, 11) is -2.12. The van der Waals surface area contributed by atoms with Crippen molar-refractivity contribution in [2.24, 2.45) is 0 Å². The molecule has 1 heterocycles. The Kier molecular flexibility index (Phi) is 9.32. The fourth-order valence-corrected chi connectivity index (χ4v) is 5.75. The number of ether oxygens (including phenoxy) is 3. The number of benzene rings is 3. The van der Waals surface area contributed by atoms with Crippen molar-refractivity contribution in [3.8, 4) is 16.9 Å². The molecule has 13 heteroatoms. The number of carbonyl (C=O) groups is 1. The Morgan fingerprint density at radius 3 is 2.39 bits per heavy atom. The van der Waals surface area contributed by atoms with E-state index in [4.69, 9.17) is 14.2 Å². The topological polar surface area (TPSA) is 94.2 Å². The molecule has 0 atom stereocenters. The minimum Gasteiger partial charge on any atom is -0.465 e. The first kappa shape index (κ1) is 30.8. The predicted octanol–water partition coefficient (Wildman–Crippen LogP) is 6.02. The van der Waals surface area contributed by atoms with Crippen molar-refractivity contribution >= 4 is 43.2 Å². The van der Waals surface area contributed by atoms with Gasteiger partial charge in [0.25, 0.3) is 5.91 Å². The van der Waals surface area contributed by atoms with Gasteiger partial charge in [-0.3, -0.25) is 9.52 Å². The molecule has 220 valence electrons. The average Bonchev–Trinajstić information content (AvgIpc) is 2.89. The van der Waals surface area contributed by atoms with E-state index in [9.17, 15) is 26.4 Å². The maximum atomic E-state index is 13.6. The molecule has 1 aliphatic heterocycles. The number of anilines is 2. The van der Waals surface area contributed by atoms with Gasteiger partial charge in [-0.1, -0.05) is 28.1 Å². The second-order valence-corrected chi connectivity index (χ2v) is 12.0. The van der Waals surface area contributed by atoms with Crippen LogP contribution >= 0.6 is 15.9 Å². The number of amides is 1. The van der Waals surface area contributed by atoms with E-state index in [1.165, 1.54) is 19.2 Å². The van der Waals surface area contributed by atoms with Crippen LogP contribution in [0.2, 0.25) is 0 Å². The molecular weight excluding hydrogens is 629 g/mol. The Labute approximate surface area is 244 Å². The zero-order chi connectivity index (χ0) is 29.9. The highest BCUT2D eigenvalue weighted by atomic mass is 79.9. The number of carbonyl (C=O) groups excluding carboxylic acids is 1. The SMILES string of the molecule is COCCOCOc1ccc(N2CCc3c(ccc(-c4ccc(C(F)(F)F)cc4Br)c3C)C2=O)cc1NS(C)(=O)=O. The molecule has 41 heavy (non-hydrogen) atoms. The molecule has 0 fully saturated rings. The van der Waals surface area contributed by atoms with E-state index in [-0.39, 0.29) is 24.1 Å². The summed E-state index contributed by atoms with van der Waals surface area (Å²) in [4.78, 5) is 15.1. The molecule has 0 saturated carbocycles. The van der Waals surface area contributed by atoms with Crippen LogP contribution in [0.25, 0.3) is 11.1 Å².